The van der Waals surface area contributed by atoms with Crippen LogP contribution in [0.1, 0.15) is 23.2 Å². The lowest BCUT2D eigenvalue weighted by Gasteiger charge is -2.29. The molecule has 0 bridgehead atoms. The minimum absolute atomic E-state index is 0.113. The fourth-order valence-corrected chi connectivity index (χ4v) is 3.11. The van der Waals surface area contributed by atoms with Crippen molar-refractivity contribution in [3.8, 4) is 5.75 Å². The van der Waals surface area contributed by atoms with Gasteiger partial charge in [-0.3, -0.25) is 4.79 Å². The van der Waals surface area contributed by atoms with E-state index in [9.17, 15) is 18.7 Å². The number of hydrogen-bond acceptors (Lipinski definition) is 7. The van der Waals surface area contributed by atoms with Crippen molar-refractivity contribution < 1.29 is 23.4 Å². The van der Waals surface area contributed by atoms with Gasteiger partial charge in [-0.1, -0.05) is 11.6 Å². The molecule has 1 amide bonds. The van der Waals surface area contributed by atoms with Gasteiger partial charge in [0.25, 0.3) is 5.91 Å². The number of piperidine rings is 1. The Balaban J connectivity index is 1.85. The fraction of sp³-hybridized carbons (Fsp3) is 0.389. The Morgan fingerprint density at radius 3 is 2.76 bits per heavy atom. The first-order valence-electron chi connectivity index (χ1n) is 8.91. The van der Waals surface area contributed by atoms with Crippen molar-refractivity contribution in [2.45, 2.75) is 25.6 Å². The van der Waals surface area contributed by atoms with E-state index >= 15 is 0 Å². The number of amides is 1. The quantitative estimate of drug-likeness (QED) is 0.651. The summed E-state index contributed by atoms with van der Waals surface area (Å²) in [5.74, 6) is -0.0585. The Morgan fingerprint density at radius 2 is 2.10 bits per heavy atom. The lowest BCUT2D eigenvalue weighted by molar-refractivity contribution is -0.0494. The summed E-state index contributed by atoms with van der Waals surface area (Å²) in [5.41, 5.74) is 0.371. The zero-order chi connectivity index (χ0) is 21.0. The highest BCUT2D eigenvalue weighted by atomic mass is 35.5. The summed E-state index contributed by atoms with van der Waals surface area (Å²) in [7, 11) is 1.63. The highest BCUT2D eigenvalue weighted by molar-refractivity contribution is 6.32. The molecular weight excluding hydrogens is 408 g/mol. The number of carbonyl (C=O) groups is 1. The molecule has 3 rings (SSSR count). The van der Waals surface area contributed by atoms with Crippen LogP contribution in [0, 0.1) is 0 Å². The molecule has 1 aromatic carbocycles. The first kappa shape index (κ1) is 21.0. The number of nitrogens with one attached hydrogen (secondary N) is 2. The molecule has 0 spiro atoms. The number of aliphatic hydroxyl groups is 1. The Labute approximate surface area is 170 Å². The maximum Gasteiger partial charge on any atom is 0.387 e. The number of anilines is 3. The molecule has 29 heavy (non-hydrogen) atoms. The third-order valence-electron chi connectivity index (χ3n) is 4.42. The molecule has 156 valence electrons. The van der Waals surface area contributed by atoms with Crippen molar-refractivity contribution in [1.29, 1.82) is 0 Å². The van der Waals surface area contributed by atoms with Crippen LogP contribution in [0.3, 0.4) is 0 Å². The molecule has 2 heterocycles. The second-order valence-electron chi connectivity index (χ2n) is 6.38. The van der Waals surface area contributed by atoms with Crippen LogP contribution in [0.25, 0.3) is 0 Å². The minimum Gasteiger partial charge on any atom is -0.433 e. The maximum atomic E-state index is 12.9. The summed E-state index contributed by atoms with van der Waals surface area (Å²) < 4.78 is 30.4. The number of nitrogens with zero attached hydrogens (tertiary/aromatic N) is 3. The molecule has 0 unspecified atom stereocenters. The molecule has 1 aliphatic heterocycles. The molecule has 0 atom stereocenters. The number of carbonyl (C=O) groups excluding carboxylic acids is 1. The molecular formula is C18H20ClF2N5O3. The van der Waals surface area contributed by atoms with Gasteiger partial charge in [0.2, 0.25) is 5.95 Å². The van der Waals surface area contributed by atoms with Gasteiger partial charge in [-0.25, -0.2) is 4.98 Å². The number of ether oxygens (including phenoxy) is 1. The fourth-order valence-electron chi connectivity index (χ4n) is 2.93. The lowest BCUT2D eigenvalue weighted by Crippen LogP contribution is -2.40. The number of hydrogen-bond donors (Lipinski definition) is 3. The highest BCUT2D eigenvalue weighted by Gasteiger charge is 2.23. The third-order valence-corrected chi connectivity index (χ3v) is 4.70. The zero-order valence-electron chi connectivity index (χ0n) is 15.5. The number of halogens is 3. The van der Waals surface area contributed by atoms with Crippen molar-refractivity contribution >= 4 is 35.0 Å². The van der Waals surface area contributed by atoms with E-state index in [2.05, 4.69) is 25.3 Å². The lowest BCUT2D eigenvalue weighted by atomic mass is 10.1. The predicted molar refractivity (Wildman–Crippen MR) is 104 cm³/mol. The maximum absolute atomic E-state index is 12.9. The summed E-state index contributed by atoms with van der Waals surface area (Å²) in [5, 5.41) is 15.5. The second-order valence-corrected chi connectivity index (χ2v) is 6.79. The molecule has 0 saturated carbocycles. The summed E-state index contributed by atoms with van der Waals surface area (Å²) in [6.07, 6.45) is 1.89. The monoisotopic (exact) mass is 427 g/mol. The highest BCUT2D eigenvalue weighted by Crippen LogP contribution is 2.31. The molecule has 1 aromatic heterocycles. The standard InChI is InChI=1S/C18H20ClF2N5O3/c1-22-15-12(19)9-23-18(25-15)24-13-3-2-10(8-14(13)29-17(20)21)16(28)26-6-4-11(27)5-7-26/h2-3,8-9,11,17,27H,4-7H2,1H3,(H2,22,23,24,25). The largest absolute Gasteiger partial charge is 0.433 e. The molecule has 2 aromatic rings. The van der Waals surface area contributed by atoms with Crippen LogP contribution in [0.5, 0.6) is 5.75 Å². The van der Waals surface area contributed by atoms with Crippen LogP contribution in [0.2, 0.25) is 5.02 Å². The van der Waals surface area contributed by atoms with E-state index in [1.54, 1.807) is 11.9 Å². The van der Waals surface area contributed by atoms with Gasteiger partial charge in [0.1, 0.15) is 16.6 Å². The van der Waals surface area contributed by atoms with Gasteiger partial charge in [0.05, 0.1) is 18.0 Å². The van der Waals surface area contributed by atoms with Crippen molar-refractivity contribution in [3.63, 3.8) is 0 Å². The van der Waals surface area contributed by atoms with Crippen molar-refractivity contribution in [1.82, 2.24) is 14.9 Å². The summed E-state index contributed by atoms with van der Waals surface area (Å²) >= 11 is 5.94. The third kappa shape index (κ3) is 5.21. The van der Waals surface area contributed by atoms with Crippen LogP contribution in [0.15, 0.2) is 24.4 Å². The molecule has 3 N–H and O–H groups in total. The van der Waals surface area contributed by atoms with Crippen LogP contribution in [0.4, 0.5) is 26.2 Å². The molecule has 1 aliphatic rings. The Morgan fingerprint density at radius 1 is 1.38 bits per heavy atom. The van der Waals surface area contributed by atoms with Gasteiger partial charge in [-0.2, -0.15) is 13.8 Å². The number of benzene rings is 1. The van der Waals surface area contributed by atoms with E-state index in [-0.39, 0.29) is 28.9 Å². The smallest absolute Gasteiger partial charge is 0.387 e. The Kier molecular flexibility index (Phi) is 6.65. The van der Waals surface area contributed by atoms with Crippen molar-refractivity contribution in [2.75, 3.05) is 30.8 Å². The Hall–Kier alpha value is -2.72. The summed E-state index contributed by atoms with van der Waals surface area (Å²) in [6, 6.07) is 4.19. The molecule has 11 heteroatoms. The normalized spacial score (nSPS) is 14.8. The van der Waals surface area contributed by atoms with Crippen LogP contribution < -0.4 is 15.4 Å². The second kappa shape index (κ2) is 9.19. The van der Waals surface area contributed by atoms with E-state index in [1.165, 1.54) is 24.4 Å². The van der Waals surface area contributed by atoms with Gasteiger partial charge in [0.15, 0.2) is 0 Å². The van der Waals surface area contributed by atoms with E-state index in [0.717, 1.165) is 0 Å². The molecule has 8 nitrogen and oxygen atoms in total. The SMILES string of the molecule is CNc1nc(Nc2ccc(C(=O)N3CCC(O)CC3)cc2OC(F)F)ncc1Cl. The van der Waals surface area contributed by atoms with Gasteiger partial charge in [-0.05, 0) is 31.0 Å². The van der Waals surface area contributed by atoms with E-state index in [1.807, 2.05) is 0 Å². The summed E-state index contributed by atoms with van der Waals surface area (Å²) in [6.45, 7) is -2.28. The van der Waals surface area contributed by atoms with Crippen LogP contribution in [-0.4, -0.2) is 58.7 Å². The number of rotatable bonds is 6. The van der Waals surface area contributed by atoms with Crippen LogP contribution in [-0.2, 0) is 0 Å². The molecule has 1 saturated heterocycles. The van der Waals surface area contributed by atoms with Crippen molar-refractivity contribution in [3.05, 3.63) is 35.0 Å². The molecule has 0 aliphatic carbocycles. The van der Waals surface area contributed by atoms with E-state index in [4.69, 9.17) is 11.6 Å². The first-order valence-corrected chi connectivity index (χ1v) is 9.28. The van der Waals surface area contributed by atoms with Crippen molar-refractivity contribution in [2.24, 2.45) is 0 Å². The molecule has 1 fully saturated rings. The number of aliphatic hydroxyl groups excluding tert-OH is 1. The Bertz CT molecular complexity index is 879. The van der Waals surface area contributed by atoms with Gasteiger partial charge < -0.3 is 25.4 Å². The number of alkyl halides is 2. The van der Waals surface area contributed by atoms with E-state index in [0.29, 0.717) is 36.8 Å². The minimum atomic E-state index is -3.08. The zero-order valence-corrected chi connectivity index (χ0v) is 16.3. The number of aromatic nitrogens is 2. The number of likely N-dealkylation sites (tertiary alicyclic amines) is 1. The van der Waals surface area contributed by atoms with Gasteiger partial charge >= 0.3 is 6.61 Å². The molecule has 0 radical (unpaired) electrons. The van der Waals surface area contributed by atoms with Crippen LogP contribution >= 0.6 is 11.6 Å². The predicted octanol–water partition coefficient (Wildman–Crippen LogP) is 3.11. The topological polar surface area (TPSA) is 99.6 Å². The average Bonchev–Trinajstić information content (AvgIpc) is 2.70. The average molecular weight is 428 g/mol. The summed E-state index contributed by atoms with van der Waals surface area (Å²) in [4.78, 5) is 22.4. The first-order chi connectivity index (χ1) is 13.9. The van der Waals surface area contributed by atoms with E-state index < -0.39 is 12.7 Å². The van der Waals surface area contributed by atoms with Gasteiger partial charge in [-0.15, -0.1) is 0 Å². The van der Waals surface area contributed by atoms with Gasteiger partial charge in [0, 0.05) is 25.7 Å².